The van der Waals surface area contributed by atoms with Crippen LogP contribution < -0.4 is 5.32 Å². The van der Waals surface area contributed by atoms with Gasteiger partial charge >= 0.3 is 0 Å². The zero-order valence-electron chi connectivity index (χ0n) is 9.44. The molecule has 1 atom stereocenters. The van der Waals surface area contributed by atoms with Crippen LogP contribution >= 0.6 is 0 Å². The molecule has 1 aromatic heterocycles. The highest BCUT2D eigenvalue weighted by Crippen LogP contribution is 2.07. The minimum absolute atomic E-state index is 0.479. The molecule has 0 bridgehead atoms. The minimum Gasteiger partial charge on any atom is -0.394 e. The fraction of sp³-hybridized carbons (Fsp3) is 0.667. The molecular weight excluding hydrogens is 228 g/mol. The number of carbonyl (C=O) groups is 1. The second kappa shape index (κ2) is 5.71. The van der Waals surface area contributed by atoms with Crippen LogP contribution in [0.3, 0.4) is 0 Å². The van der Waals surface area contributed by atoms with E-state index in [1.807, 2.05) is 0 Å². The molecule has 96 valence electrons. The zero-order chi connectivity index (χ0) is 12.9. The summed E-state index contributed by atoms with van der Waals surface area (Å²) in [6, 6.07) is -0.651. The highest BCUT2D eigenvalue weighted by Gasteiger charge is 2.32. The van der Waals surface area contributed by atoms with Crippen LogP contribution in [-0.4, -0.2) is 61.4 Å². The van der Waals surface area contributed by atoms with Crippen molar-refractivity contribution in [2.45, 2.75) is 18.5 Å². The number of hydrogen-bond acceptors (Lipinski definition) is 6. The van der Waals surface area contributed by atoms with Gasteiger partial charge in [-0.2, -0.15) is 5.10 Å². The Morgan fingerprint density at radius 2 is 2.00 bits per heavy atom. The van der Waals surface area contributed by atoms with Gasteiger partial charge in [-0.05, 0) is 6.92 Å². The van der Waals surface area contributed by atoms with Crippen molar-refractivity contribution in [3.05, 3.63) is 12.7 Å². The Bertz CT molecular complexity index is 342. The van der Waals surface area contributed by atoms with Crippen LogP contribution in [0, 0.1) is 0 Å². The number of nitrogens with one attached hydrogen (secondary N) is 1. The van der Waals surface area contributed by atoms with E-state index in [0.717, 1.165) is 0 Å². The molecule has 0 spiro atoms. The molecule has 17 heavy (non-hydrogen) atoms. The van der Waals surface area contributed by atoms with Crippen molar-refractivity contribution in [2.75, 3.05) is 19.8 Å². The van der Waals surface area contributed by atoms with E-state index in [1.165, 1.54) is 17.3 Å². The van der Waals surface area contributed by atoms with Gasteiger partial charge in [0.2, 0.25) is 5.91 Å². The largest absolute Gasteiger partial charge is 0.394 e. The first-order valence-corrected chi connectivity index (χ1v) is 5.07. The van der Waals surface area contributed by atoms with Crippen LogP contribution in [0.15, 0.2) is 12.7 Å². The van der Waals surface area contributed by atoms with Crippen LogP contribution in [0.4, 0.5) is 0 Å². The summed E-state index contributed by atoms with van der Waals surface area (Å²) < 4.78 is 1.33. The first-order chi connectivity index (χ1) is 8.08. The first-order valence-electron chi connectivity index (χ1n) is 5.07. The summed E-state index contributed by atoms with van der Waals surface area (Å²) in [5.74, 6) is -0.479. The minimum atomic E-state index is -1.42. The van der Waals surface area contributed by atoms with Crippen LogP contribution in [0.25, 0.3) is 0 Å². The van der Waals surface area contributed by atoms with E-state index < -0.39 is 37.3 Å². The van der Waals surface area contributed by atoms with E-state index >= 15 is 0 Å². The van der Waals surface area contributed by atoms with Crippen LogP contribution in [-0.2, 0) is 4.79 Å². The number of amides is 1. The van der Waals surface area contributed by atoms with E-state index in [1.54, 1.807) is 6.92 Å². The summed E-state index contributed by atoms with van der Waals surface area (Å²) in [5, 5.41) is 33.4. The molecule has 0 aliphatic carbocycles. The van der Waals surface area contributed by atoms with Crippen molar-refractivity contribution in [3.8, 4) is 0 Å². The molecule has 0 aromatic carbocycles. The molecule has 0 aliphatic heterocycles. The van der Waals surface area contributed by atoms with Gasteiger partial charge in [0.15, 0.2) is 0 Å². The molecule has 1 amide bonds. The summed E-state index contributed by atoms with van der Waals surface area (Å²) in [7, 11) is 0. The number of aliphatic hydroxyl groups is 3. The number of nitrogens with zero attached hydrogens (tertiary/aromatic N) is 3. The Hall–Kier alpha value is -1.51. The quantitative estimate of drug-likeness (QED) is 0.445. The third-order valence-corrected chi connectivity index (χ3v) is 2.51. The Morgan fingerprint density at radius 3 is 2.41 bits per heavy atom. The molecule has 1 aromatic rings. The molecule has 4 N–H and O–H groups in total. The molecule has 0 fully saturated rings. The fourth-order valence-corrected chi connectivity index (χ4v) is 1.17. The van der Waals surface area contributed by atoms with Crippen molar-refractivity contribution in [1.82, 2.24) is 20.1 Å². The lowest BCUT2D eigenvalue weighted by Crippen LogP contribution is -2.58. The molecular formula is C9H16N4O4. The third kappa shape index (κ3) is 2.99. The Kier molecular flexibility index (Phi) is 4.55. The third-order valence-electron chi connectivity index (χ3n) is 2.51. The molecule has 0 aliphatic rings. The van der Waals surface area contributed by atoms with E-state index in [4.69, 9.17) is 15.3 Å². The van der Waals surface area contributed by atoms with Crippen LogP contribution in [0.1, 0.15) is 13.0 Å². The molecule has 1 unspecified atom stereocenters. The van der Waals surface area contributed by atoms with E-state index in [0.29, 0.717) is 0 Å². The zero-order valence-corrected chi connectivity index (χ0v) is 9.44. The van der Waals surface area contributed by atoms with Crippen molar-refractivity contribution in [3.63, 3.8) is 0 Å². The number of aliphatic hydroxyl groups excluding tert-OH is 3. The topological polar surface area (TPSA) is 120 Å². The summed E-state index contributed by atoms with van der Waals surface area (Å²) in [6.45, 7) is -0.0949. The lowest BCUT2D eigenvalue weighted by atomic mass is 10.0. The molecule has 0 saturated heterocycles. The van der Waals surface area contributed by atoms with Crippen molar-refractivity contribution in [1.29, 1.82) is 0 Å². The van der Waals surface area contributed by atoms with Crippen molar-refractivity contribution < 1.29 is 20.1 Å². The molecule has 8 heteroatoms. The highest BCUT2D eigenvalue weighted by atomic mass is 16.3. The molecule has 1 heterocycles. The summed E-state index contributed by atoms with van der Waals surface area (Å²) >= 11 is 0. The predicted octanol–water partition coefficient (Wildman–Crippen LogP) is -2.33. The predicted molar refractivity (Wildman–Crippen MR) is 56.9 cm³/mol. The normalized spacial score (nSPS) is 13.4. The average Bonchev–Trinajstić information content (AvgIpc) is 2.88. The fourth-order valence-electron chi connectivity index (χ4n) is 1.17. The van der Waals surface area contributed by atoms with Crippen molar-refractivity contribution in [2.24, 2.45) is 0 Å². The van der Waals surface area contributed by atoms with E-state index in [2.05, 4.69) is 15.4 Å². The summed E-state index contributed by atoms with van der Waals surface area (Å²) in [4.78, 5) is 15.5. The lowest BCUT2D eigenvalue weighted by molar-refractivity contribution is -0.128. The van der Waals surface area contributed by atoms with Gasteiger partial charge in [-0.1, -0.05) is 0 Å². The van der Waals surface area contributed by atoms with Gasteiger partial charge in [0, 0.05) is 0 Å². The number of hydrogen-bond donors (Lipinski definition) is 4. The monoisotopic (exact) mass is 244 g/mol. The van der Waals surface area contributed by atoms with E-state index in [9.17, 15) is 4.79 Å². The smallest absolute Gasteiger partial charge is 0.245 e. The second-order valence-corrected chi connectivity index (χ2v) is 3.80. The molecule has 8 nitrogen and oxygen atoms in total. The first kappa shape index (κ1) is 13.6. The van der Waals surface area contributed by atoms with Gasteiger partial charge in [-0.25, -0.2) is 9.67 Å². The van der Waals surface area contributed by atoms with Crippen molar-refractivity contribution >= 4 is 5.91 Å². The Balaban J connectivity index is 2.71. The highest BCUT2D eigenvalue weighted by molar-refractivity contribution is 5.80. The van der Waals surface area contributed by atoms with Gasteiger partial charge in [0.05, 0.1) is 19.8 Å². The number of carbonyl (C=O) groups excluding carboxylic acids is 1. The van der Waals surface area contributed by atoms with Crippen LogP contribution in [0.2, 0.25) is 0 Å². The number of aromatic nitrogens is 3. The molecule has 0 saturated carbocycles. The van der Waals surface area contributed by atoms with Gasteiger partial charge in [0.1, 0.15) is 24.2 Å². The van der Waals surface area contributed by atoms with Crippen LogP contribution in [0.5, 0.6) is 0 Å². The van der Waals surface area contributed by atoms with Gasteiger partial charge < -0.3 is 20.6 Å². The maximum atomic E-state index is 11.8. The van der Waals surface area contributed by atoms with Gasteiger partial charge in [-0.15, -0.1) is 0 Å². The SMILES string of the molecule is CC(C(=O)NC(CO)(CO)CO)n1cncn1. The Morgan fingerprint density at radius 1 is 1.41 bits per heavy atom. The number of rotatable bonds is 6. The second-order valence-electron chi connectivity index (χ2n) is 3.80. The molecule has 0 radical (unpaired) electrons. The lowest BCUT2D eigenvalue weighted by Gasteiger charge is -2.29. The van der Waals surface area contributed by atoms with Gasteiger partial charge in [-0.3, -0.25) is 4.79 Å². The summed E-state index contributed by atoms with van der Waals surface area (Å²) in [5.41, 5.74) is -1.42. The standard InChI is InChI=1S/C9H16N4O4/c1-7(13-6-10-5-11-13)8(17)12-9(2-14,3-15)4-16/h5-7,14-16H,2-4H2,1H3,(H,12,17). The summed E-state index contributed by atoms with van der Waals surface area (Å²) in [6.07, 6.45) is 2.67. The Labute approximate surface area is 97.9 Å². The maximum Gasteiger partial charge on any atom is 0.245 e. The molecule has 1 rings (SSSR count). The van der Waals surface area contributed by atoms with E-state index in [-0.39, 0.29) is 0 Å². The van der Waals surface area contributed by atoms with Gasteiger partial charge in [0.25, 0.3) is 0 Å². The average molecular weight is 244 g/mol. The maximum absolute atomic E-state index is 11.8.